The van der Waals surface area contributed by atoms with Crippen molar-refractivity contribution < 1.29 is 14.3 Å². The summed E-state index contributed by atoms with van der Waals surface area (Å²) in [7, 11) is 1.55. The Morgan fingerprint density at radius 2 is 1.96 bits per heavy atom. The van der Waals surface area contributed by atoms with Crippen molar-refractivity contribution in [3.05, 3.63) is 53.6 Å². The average molecular weight is 367 g/mol. The number of nitrogens with zero attached hydrogens (tertiary/aromatic N) is 1. The highest BCUT2D eigenvalue weighted by Gasteiger charge is 2.26. The summed E-state index contributed by atoms with van der Waals surface area (Å²) in [5, 5.41) is 5.48. The van der Waals surface area contributed by atoms with Crippen LogP contribution in [0.3, 0.4) is 0 Å². The summed E-state index contributed by atoms with van der Waals surface area (Å²) < 4.78 is 5.25. The summed E-state index contributed by atoms with van der Waals surface area (Å²) in [5.74, 6) is 0.515. The zero-order valence-corrected chi connectivity index (χ0v) is 15.9. The van der Waals surface area contributed by atoms with Crippen LogP contribution in [0.5, 0.6) is 5.75 Å². The smallest absolute Gasteiger partial charge is 0.243 e. The quantitative estimate of drug-likeness (QED) is 0.824. The molecule has 3 rings (SSSR count). The number of fused-ring (bicyclic) bond motifs is 1. The highest BCUT2D eigenvalue weighted by molar-refractivity contribution is 5.96. The number of para-hydroxylation sites is 1. The first-order chi connectivity index (χ1) is 13.0. The number of benzene rings is 2. The Labute approximate surface area is 159 Å². The molecular formula is C21H25N3O3. The Balaban J connectivity index is 1.53. The summed E-state index contributed by atoms with van der Waals surface area (Å²) in [5.41, 5.74) is 3.96. The highest BCUT2D eigenvalue weighted by atomic mass is 16.5. The largest absolute Gasteiger partial charge is 0.495 e. The maximum atomic E-state index is 12.3. The van der Waals surface area contributed by atoms with Crippen LogP contribution in [0.25, 0.3) is 0 Å². The molecule has 0 radical (unpaired) electrons. The fourth-order valence-electron chi connectivity index (χ4n) is 3.39. The van der Waals surface area contributed by atoms with Gasteiger partial charge in [0.15, 0.2) is 0 Å². The number of methoxy groups -OCH3 is 1. The van der Waals surface area contributed by atoms with E-state index >= 15 is 0 Å². The lowest BCUT2D eigenvalue weighted by atomic mass is 10.0. The number of rotatable bonds is 6. The Hall–Kier alpha value is -3.02. The summed E-state index contributed by atoms with van der Waals surface area (Å²) in [6, 6.07) is 13.7. The van der Waals surface area contributed by atoms with Crippen LogP contribution in [0.2, 0.25) is 0 Å². The second-order valence-corrected chi connectivity index (χ2v) is 6.87. The van der Waals surface area contributed by atoms with Crippen LogP contribution >= 0.6 is 0 Å². The van der Waals surface area contributed by atoms with Gasteiger partial charge in [0.1, 0.15) is 5.75 Å². The normalized spacial score (nSPS) is 15.2. The maximum absolute atomic E-state index is 12.3. The zero-order chi connectivity index (χ0) is 19.4. The van der Waals surface area contributed by atoms with Gasteiger partial charge in [-0.25, -0.2) is 0 Å². The summed E-state index contributed by atoms with van der Waals surface area (Å²) in [4.78, 5) is 26.5. The van der Waals surface area contributed by atoms with Crippen LogP contribution in [-0.2, 0) is 9.59 Å². The van der Waals surface area contributed by atoms with Gasteiger partial charge in [-0.1, -0.05) is 31.2 Å². The van der Waals surface area contributed by atoms with E-state index in [0.717, 1.165) is 17.8 Å². The molecule has 27 heavy (non-hydrogen) atoms. The van der Waals surface area contributed by atoms with Gasteiger partial charge in [0.25, 0.3) is 0 Å². The van der Waals surface area contributed by atoms with Crippen molar-refractivity contribution in [2.45, 2.75) is 19.8 Å². The molecule has 2 aromatic rings. The fourth-order valence-corrected chi connectivity index (χ4v) is 3.39. The first-order valence-electron chi connectivity index (χ1n) is 9.03. The van der Waals surface area contributed by atoms with Crippen molar-refractivity contribution in [3.63, 3.8) is 0 Å². The zero-order valence-electron chi connectivity index (χ0n) is 15.9. The minimum Gasteiger partial charge on any atom is -0.495 e. The van der Waals surface area contributed by atoms with Crippen LogP contribution in [0, 0.1) is 6.92 Å². The Kier molecular flexibility index (Phi) is 5.64. The molecule has 0 fully saturated rings. The first kappa shape index (κ1) is 18.8. The molecule has 142 valence electrons. The fraction of sp³-hybridized carbons (Fsp3) is 0.333. The van der Waals surface area contributed by atoms with Gasteiger partial charge in [-0.3, -0.25) is 9.59 Å². The molecule has 0 aliphatic carbocycles. The number of anilines is 2. The molecule has 6 nitrogen and oxygen atoms in total. The Bertz CT molecular complexity index is 850. The van der Waals surface area contributed by atoms with Crippen molar-refractivity contribution in [3.8, 4) is 5.75 Å². The molecule has 0 aromatic heterocycles. The summed E-state index contributed by atoms with van der Waals surface area (Å²) in [6.07, 6.45) is 0. The third-order valence-corrected chi connectivity index (χ3v) is 4.71. The van der Waals surface area contributed by atoms with E-state index in [4.69, 9.17) is 4.74 Å². The van der Waals surface area contributed by atoms with Gasteiger partial charge < -0.3 is 20.3 Å². The van der Waals surface area contributed by atoms with E-state index in [0.29, 0.717) is 17.4 Å². The van der Waals surface area contributed by atoms with Crippen LogP contribution in [0.15, 0.2) is 42.5 Å². The first-order valence-corrected chi connectivity index (χ1v) is 9.03. The van der Waals surface area contributed by atoms with Crippen LogP contribution in [-0.4, -0.2) is 38.6 Å². The van der Waals surface area contributed by atoms with E-state index in [2.05, 4.69) is 28.5 Å². The Morgan fingerprint density at radius 1 is 1.19 bits per heavy atom. The standard InChI is InChI=1S/C21H25N3O3/c1-14-8-9-19(27-3)17(10-14)23-20(25)11-22-21(26)13-24-12-15(2)16-6-4-5-7-18(16)24/h4-10,15H,11-13H2,1-3H3,(H,22,26)(H,23,25). The van der Waals surface area contributed by atoms with E-state index in [1.165, 1.54) is 5.56 Å². The molecule has 1 aliphatic rings. The van der Waals surface area contributed by atoms with Gasteiger partial charge in [-0.05, 0) is 36.2 Å². The topological polar surface area (TPSA) is 70.7 Å². The second-order valence-electron chi connectivity index (χ2n) is 6.87. The van der Waals surface area contributed by atoms with Crippen molar-refractivity contribution in [2.24, 2.45) is 0 Å². The van der Waals surface area contributed by atoms with Gasteiger partial charge in [0.05, 0.1) is 25.9 Å². The molecule has 1 aliphatic heterocycles. The van der Waals surface area contributed by atoms with Crippen LogP contribution in [0.4, 0.5) is 11.4 Å². The molecule has 2 amide bonds. The number of carbonyl (C=O) groups excluding carboxylic acids is 2. The summed E-state index contributed by atoms with van der Waals surface area (Å²) in [6.45, 7) is 5.05. The minimum absolute atomic E-state index is 0.0824. The number of ether oxygens (including phenoxy) is 1. The lowest BCUT2D eigenvalue weighted by Crippen LogP contribution is -2.40. The predicted octanol–water partition coefficient (Wildman–Crippen LogP) is 2.68. The molecule has 1 unspecified atom stereocenters. The number of hydrogen-bond donors (Lipinski definition) is 2. The van der Waals surface area contributed by atoms with E-state index in [-0.39, 0.29) is 24.9 Å². The molecule has 0 saturated heterocycles. The third kappa shape index (κ3) is 4.39. The van der Waals surface area contributed by atoms with E-state index in [1.807, 2.05) is 37.3 Å². The minimum atomic E-state index is -0.289. The van der Waals surface area contributed by atoms with Crippen LogP contribution < -0.4 is 20.3 Å². The van der Waals surface area contributed by atoms with Gasteiger partial charge in [0.2, 0.25) is 11.8 Å². The van der Waals surface area contributed by atoms with Gasteiger partial charge >= 0.3 is 0 Å². The monoisotopic (exact) mass is 367 g/mol. The average Bonchev–Trinajstić information content (AvgIpc) is 2.96. The van der Waals surface area contributed by atoms with Gasteiger partial charge in [-0.15, -0.1) is 0 Å². The molecule has 6 heteroatoms. The lowest BCUT2D eigenvalue weighted by Gasteiger charge is -2.19. The van der Waals surface area contributed by atoms with Crippen molar-refractivity contribution in [1.82, 2.24) is 5.32 Å². The molecule has 0 saturated carbocycles. The predicted molar refractivity (Wildman–Crippen MR) is 106 cm³/mol. The molecule has 0 bridgehead atoms. The number of aryl methyl sites for hydroxylation is 1. The maximum Gasteiger partial charge on any atom is 0.243 e. The second kappa shape index (κ2) is 8.12. The van der Waals surface area contributed by atoms with Gasteiger partial charge in [-0.2, -0.15) is 0 Å². The molecule has 1 heterocycles. The number of carbonyl (C=O) groups is 2. The van der Waals surface area contributed by atoms with Crippen LogP contribution in [0.1, 0.15) is 24.0 Å². The number of amides is 2. The van der Waals surface area contributed by atoms with Crippen molar-refractivity contribution in [2.75, 3.05) is 37.0 Å². The lowest BCUT2D eigenvalue weighted by molar-refractivity contribution is -0.123. The molecule has 0 spiro atoms. The van der Waals surface area contributed by atoms with Crippen molar-refractivity contribution in [1.29, 1.82) is 0 Å². The van der Waals surface area contributed by atoms with Crippen molar-refractivity contribution >= 4 is 23.2 Å². The third-order valence-electron chi connectivity index (χ3n) is 4.71. The molecule has 2 aromatic carbocycles. The van der Waals surface area contributed by atoms with Gasteiger partial charge in [0, 0.05) is 18.2 Å². The molecule has 2 N–H and O–H groups in total. The molecular weight excluding hydrogens is 342 g/mol. The SMILES string of the molecule is COc1ccc(C)cc1NC(=O)CNC(=O)CN1CC(C)c2ccccc21. The number of nitrogens with one attached hydrogen (secondary N) is 2. The van der Waals surface area contributed by atoms with E-state index in [1.54, 1.807) is 13.2 Å². The summed E-state index contributed by atoms with van der Waals surface area (Å²) >= 11 is 0. The highest BCUT2D eigenvalue weighted by Crippen LogP contribution is 2.35. The van der Waals surface area contributed by atoms with E-state index < -0.39 is 0 Å². The molecule has 1 atom stereocenters. The van der Waals surface area contributed by atoms with E-state index in [9.17, 15) is 9.59 Å². The Morgan fingerprint density at radius 3 is 2.74 bits per heavy atom. The number of hydrogen-bond acceptors (Lipinski definition) is 4.